The topological polar surface area (TPSA) is 81.4 Å². The lowest BCUT2D eigenvalue weighted by molar-refractivity contribution is -0.125. The first kappa shape index (κ1) is 18.8. The zero-order chi connectivity index (χ0) is 19.2. The maximum Gasteiger partial charge on any atom is 0.358 e. The summed E-state index contributed by atoms with van der Waals surface area (Å²) < 4.78 is 10.3. The Morgan fingerprint density at radius 2 is 2.04 bits per heavy atom. The maximum atomic E-state index is 12.1. The number of nitrogens with one attached hydrogen (secondary N) is 1. The molecule has 140 valence electrons. The van der Waals surface area contributed by atoms with E-state index in [1.54, 1.807) is 24.4 Å². The van der Waals surface area contributed by atoms with Gasteiger partial charge in [0.15, 0.2) is 12.3 Å². The number of furan rings is 1. The number of carbonyl (C=O) groups is 2. The third kappa shape index (κ3) is 4.83. The molecule has 1 N–H and O–H groups in total. The molecule has 3 rings (SSSR count). The van der Waals surface area contributed by atoms with Gasteiger partial charge < -0.3 is 14.5 Å². The molecule has 0 radical (unpaired) electrons. The van der Waals surface area contributed by atoms with Crippen molar-refractivity contribution < 1.29 is 18.7 Å². The van der Waals surface area contributed by atoms with Crippen LogP contribution in [0.5, 0.6) is 0 Å². The molecule has 0 aliphatic rings. The van der Waals surface area contributed by atoms with Crippen LogP contribution >= 0.6 is 11.3 Å². The van der Waals surface area contributed by atoms with Gasteiger partial charge in [0.2, 0.25) is 0 Å². The van der Waals surface area contributed by atoms with Crippen LogP contribution in [0.15, 0.2) is 52.5 Å². The summed E-state index contributed by atoms with van der Waals surface area (Å²) in [7, 11) is 0. The van der Waals surface area contributed by atoms with E-state index in [1.165, 1.54) is 23.2 Å². The molecule has 0 saturated heterocycles. The summed E-state index contributed by atoms with van der Waals surface area (Å²) in [6, 6.07) is 11.3. The summed E-state index contributed by atoms with van der Waals surface area (Å²) in [5.74, 6) is -0.394. The van der Waals surface area contributed by atoms with Gasteiger partial charge in [-0.3, -0.25) is 4.79 Å². The van der Waals surface area contributed by atoms with E-state index < -0.39 is 11.9 Å². The molecule has 0 saturated carbocycles. The van der Waals surface area contributed by atoms with Gasteiger partial charge in [-0.1, -0.05) is 31.2 Å². The van der Waals surface area contributed by atoms with Crippen molar-refractivity contribution in [2.24, 2.45) is 0 Å². The van der Waals surface area contributed by atoms with Crippen LogP contribution in [0.2, 0.25) is 0 Å². The van der Waals surface area contributed by atoms with E-state index in [0.29, 0.717) is 5.76 Å². The average molecular weight is 384 g/mol. The second-order valence-electron chi connectivity index (χ2n) is 5.97. The molecule has 2 heterocycles. The number of esters is 1. The van der Waals surface area contributed by atoms with E-state index in [4.69, 9.17) is 9.15 Å². The first-order chi connectivity index (χ1) is 13.1. The van der Waals surface area contributed by atoms with Crippen molar-refractivity contribution in [3.05, 3.63) is 65.1 Å². The predicted molar refractivity (Wildman–Crippen MR) is 102 cm³/mol. The number of carbonyl (C=O) groups excluding carboxylic acids is 2. The van der Waals surface area contributed by atoms with E-state index >= 15 is 0 Å². The van der Waals surface area contributed by atoms with Crippen LogP contribution in [0.1, 0.15) is 41.7 Å². The molecule has 1 aromatic carbocycles. The number of amides is 1. The molecule has 0 aliphatic carbocycles. The van der Waals surface area contributed by atoms with Gasteiger partial charge in [0.05, 0.1) is 12.3 Å². The van der Waals surface area contributed by atoms with Gasteiger partial charge in [-0.25, -0.2) is 9.78 Å². The number of hydrogen-bond acceptors (Lipinski definition) is 6. The van der Waals surface area contributed by atoms with Gasteiger partial charge in [0.1, 0.15) is 10.8 Å². The molecule has 27 heavy (non-hydrogen) atoms. The van der Waals surface area contributed by atoms with Crippen molar-refractivity contribution in [3.8, 4) is 10.6 Å². The summed E-state index contributed by atoms with van der Waals surface area (Å²) in [5, 5.41) is 5.07. The van der Waals surface area contributed by atoms with Crippen molar-refractivity contribution in [2.75, 3.05) is 6.61 Å². The van der Waals surface area contributed by atoms with Gasteiger partial charge in [-0.2, -0.15) is 0 Å². The number of ether oxygens (including phenoxy) is 1. The van der Waals surface area contributed by atoms with Crippen molar-refractivity contribution in [1.82, 2.24) is 10.3 Å². The minimum absolute atomic E-state index is 0.196. The summed E-state index contributed by atoms with van der Waals surface area (Å²) >= 11 is 1.36. The van der Waals surface area contributed by atoms with E-state index in [9.17, 15) is 9.59 Å². The second-order valence-corrected chi connectivity index (χ2v) is 6.83. The van der Waals surface area contributed by atoms with Crippen molar-refractivity contribution in [3.63, 3.8) is 0 Å². The summed E-state index contributed by atoms with van der Waals surface area (Å²) in [6.07, 6.45) is 2.50. The average Bonchev–Trinajstić information content (AvgIpc) is 3.38. The molecule has 0 unspecified atom stereocenters. The number of rotatable bonds is 7. The SMILES string of the molecule is CCc1ccc(-c2nc(C(=O)OCC(=O)N[C@H](C)c3ccco3)cs2)cc1. The molecule has 0 aliphatic heterocycles. The highest BCUT2D eigenvalue weighted by atomic mass is 32.1. The number of benzene rings is 1. The molecule has 0 spiro atoms. The molecule has 0 bridgehead atoms. The Kier molecular flexibility index (Phi) is 6.03. The Morgan fingerprint density at radius 1 is 1.26 bits per heavy atom. The Balaban J connectivity index is 1.53. The Hall–Kier alpha value is -2.93. The predicted octanol–water partition coefficient (Wildman–Crippen LogP) is 4.00. The fraction of sp³-hybridized carbons (Fsp3) is 0.250. The van der Waals surface area contributed by atoms with Crippen LogP contribution in [-0.2, 0) is 16.0 Å². The van der Waals surface area contributed by atoms with Crippen molar-refractivity contribution in [2.45, 2.75) is 26.3 Å². The third-order valence-corrected chi connectivity index (χ3v) is 4.90. The fourth-order valence-corrected chi connectivity index (χ4v) is 3.28. The summed E-state index contributed by atoms with van der Waals surface area (Å²) in [4.78, 5) is 28.4. The lowest BCUT2D eigenvalue weighted by Gasteiger charge is -2.11. The minimum Gasteiger partial charge on any atom is -0.467 e. The Labute approximate surface area is 161 Å². The zero-order valence-electron chi connectivity index (χ0n) is 15.1. The first-order valence-electron chi connectivity index (χ1n) is 8.61. The van der Waals surface area contributed by atoms with Crippen LogP contribution in [0.4, 0.5) is 0 Å². The van der Waals surface area contributed by atoms with E-state index in [0.717, 1.165) is 17.0 Å². The normalized spacial score (nSPS) is 11.8. The van der Waals surface area contributed by atoms with Gasteiger partial charge in [-0.05, 0) is 31.0 Å². The highest BCUT2D eigenvalue weighted by Crippen LogP contribution is 2.24. The fourth-order valence-electron chi connectivity index (χ4n) is 2.48. The second kappa shape index (κ2) is 8.64. The van der Waals surface area contributed by atoms with Gasteiger partial charge in [0, 0.05) is 10.9 Å². The smallest absolute Gasteiger partial charge is 0.358 e. The molecule has 6 nitrogen and oxygen atoms in total. The molecule has 1 atom stereocenters. The molecule has 1 amide bonds. The minimum atomic E-state index is -0.622. The zero-order valence-corrected chi connectivity index (χ0v) is 15.9. The van der Waals surface area contributed by atoms with Gasteiger partial charge in [-0.15, -0.1) is 11.3 Å². The monoisotopic (exact) mass is 384 g/mol. The molecule has 2 aromatic heterocycles. The number of hydrogen-bond donors (Lipinski definition) is 1. The molecular formula is C20H20N2O4S. The van der Waals surface area contributed by atoms with E-state index in [1.807, 2.05) is 24.3 Å². The number of thiazole rings is 1. The number of aromatic nitrogens is 1. The quantitative estimate of drug-likeness (QED) is 0.623. The molecular weight excluding hydrogens is 364 g/mol. The van der Waals surface area contributed by atoms with Crippen LogP contribution in [-0.4, -0.2) is 23.5 Å². The van der Waals surface area contributed by atoms with Crippen molar-refractivity contribution in [1.29, 1.82) is 0 Å². The summed E-state index contributed by atoms with van der Waals surface area (Å²) in [6.45, 7) is 3.51. The maximum absolute atomic E-state index is 12.1. The van der Waals surface area contributed by atoms with E-state index in [-0.39, 0.29) is 18.3 Å². The molecule has 0 fully saturated rings. The summed E-state index contributed by atoms with van der Waals surface area (Å²) in [5.41, 5.74) is 2.38. The van der Waals surface area contributed by atoms with Crippen LogP contribution < -0.4 is 5.32 Å². The van der Waals surface area contributed by atoms with Gasteiger partial charge in [0.25, 0.3) is 5.91 Å². The number of nitrogens with zero attached hydrogens (tertiary/aromatic N) is 1. The van der Waals surface area contributed by atoms with Crippen LogP contribution in [0.25, 0.3) is 10.6 Å². The van der Waals surface area contributed by atoms with Crippen molar-refractivity contribution >= 4 is 23.2 Å². The lowest BCUT2D eigenvalue weighted by atomic mass is 10.1. The van der Waals surface area contributed by atoms with Gasteiger partial charge >= 0.3 is 5.97 Å². The molecule has 7 heteroatoms. The largest absolute Gasteiger partial charge is 0.467 e. The Morgan fingerprint density at radius 3 is 2.70 bits per heavy atom. The lowest BCUT2D eigenvalue weighted by Crippen LogP contribution is -2.31. The van der Waals surface area contributed by atoms with E-state index in [2.05, 4.69) is 17.2 Å². The van der Waals surface area contributed by atoms with Crippen LogP contribution in [0.3, 0.4) is 0 Å². The third-order valence-electron chi connectivity index (χ3n) is 4.00. The molecule has 3 aromatic rings. The first-order valence-corrected chi connectivity index (χ1v) is 9.49. The highest BCUT2D eigenvalue weighted by Gasteiger charge is 2.17. The highest BCUT2D eigenvalue weighted by molar-refractivity contribution is 7.13. The Bertz CT molecular complexity index is 900. The number of aryl methyl sites for hydroxylation is 1. The van der Waals surface area contributed by atoms with Crippen LogP contribution in [0, 0.1) is 0 Å². The standard InChI is InChI=1S/C20H20N2O4S/c1-3-14-6-8-15(9-7-14)19-22-16(12-27-19)20(24)26-11-18(23)21-13(2)17-5-4-10-25-17/h4-10,12-13H,3,11H2,1-2H3,(H,21,23)/t13-/m1/s1.